The normalized spacial score (nSPS) is 24.1. The zero-order valence-electron chi connectivity index (χ0n) is 10.6. The first-order valence-electron chi connectivity index (χ1n) is 6.32. The SMILES string of the molecule is CCOc1cccnc1N1CCC(C)C1CN. The summed E-state index contributed by atoms with van der Waals surface area (Å²) in [5, 5.41) is 0. The Balaban J connectivity index is 2.27. The van der Waals surface area contributed by atoms with Crippen molar-refractivity contribution >= 4 is 5.82 Å². The molecule has 0 bridgehead atoms. The summed E-state index contributed by atoms with van der Waals surface area (Å²) < 4.78 is 5.63. The van der Waals surface area contributed by atoms with Gasteiger partial charge in [0.05, 0.1) is 6.61 Å². The topological polar surface area (TPSA) is 51.4 Å². The maximum atomic E-state index is 5.87. The molecule has 2 rings (SSSR count). The van der Waals surface area contributed by atoms with Crippen molar-refractivity contribution in [2.75, 3.05) is 24.6 Å². The summed E-state index contributed by atoms with van der Waals surface area (Å²) in [5.41, 5.74) is 5.87. The Hall–Kier alpha value is -1.29. The molecule has 0 radical (unpaired) electrons. The third kappa shape index (κ3) is 2.36. The van der Waals surface area contributed by atoms with Crippen LogP contribution in [0.5, 0.6) is 5.75 Å². The molecule has 4 nitrogen and oxygen atoms in total. The molecule has 2 atom stereocenters. The van der Waals surface area contributed by atoms with Crippen LogP contribution < -0.4 is 15.4 Å². The number of anilines is 1. The minimum atomic E-state index is 0.379. The first-order chi connectivity index (χ1) is 8.27. The van der Waals surface area contributed by atoms with Crippen molar-refractivity contribution in [1.29, 1.82) is 0 Å². The lowest BCUT2D eigenvalue weighted by molar-refractivity contribution is 0.338. The van der Waals surface area contributed by atoms with E-state index in [1.165, 1.54) is 6.42 Å². The maximum Gasteiger partial charge on any atom is 0.171 e. The van der Waals surface area contributed by atoms with Gasteiger partial charge in [0.15, 0.2) is 11.6 Å². The van der Waals surface area contributed by atoms with Gasteiger partial charge in [0, 0.05) is 25.3 Å². The van der Waals surface area contributed by atoms with Gasteiger partial charge in [0.25, 0.3) is 0 Å². The Labute approximate surface area is 103 Å². The highest BCUT2D eigenvalue weighted by atomic mass is 16.5. The number of aromatic nitrogens is 1. The standard InChI is InChI=1S/C13H21N3O/c1-3-17-12-5-4-7-15-13(12)16-8-6-10(2)11(16)9-14/h4-5,7,10-11H,3,6,8-9,14H2,1-2H3. The van der Waals surface area contributed by atoms with Crippen LogP contribution in [-0.2, 0) is 0 Å². The van der Waals surface area contributed by atoms with Crippen LogP contribution in [0.15, 0.2) is 18.3 Å². The molecule has 2 unspecified atom stereocenters. The summed E-state index contributed by atoms with van der Waals surface area (Å²) in [7, 11) is 0. The van der Waals surface area contributed by atoms with Crippen molar-refractivity contribution in [3.05, 3.63) is 18.3 Å². The third-order valence-corrected chi connectivity index (χ3v) is 3.45. The second-order valence-electron chi connectivity index (χ2n) is 4.52. The van der Waals surface area contributed by atoms with E-state index in [9.17, 15) is 0 Å². The predicted octanol–water partition coefficient (Wildman–Crippen LogP) is 1.65. The van der Waals surface area contributed by atoms with Gasteiger partial charge in [-0.1, -0.05) is 6.92 Å². The molecule has 0 saturated carbocycles. The van der Waals surface area contributed by atoms with Crippen molar-refractivity contribution in [3.8, 4) is 5.75 Å². The fourth-order valence-electron chi connectivity index (χ4n) is 2.50. The molecule has 0 spiro atoms. The van der Waals surface area contributed by atoms with Crippen molar-refractivity contribution in [2.24, 2.45) is 11.7 Å². The highest BCUT2D eigenvalue weighted by molar-refractivity contribution is 5.53. The number of hydrogen-bond acceptors (Lipinski definition) is 4. The average molecular weight is 235 g/mol. The van der Waals surface area contributed by atoms with Crippen molar-refractivity contribution < 1.29 is 4.74 Å². The van der Waals surface area contributed by atoms with E-state index >= 15 is 0 Å². The summed E-state index contributed by atoms with van der Waals surface area (Å²) >= 11 is 0. The van der Waals surface area contributed by atoms with Gasteiger partial charge in [-0.2, -0.15) is 0 Å². The first kappa shape index (κ1) is 12.2. The second kappa shape index (κ2) is 5.36. The Morgan fingerprint density at radius 2 is 2.41 bits per heavy atom. The molecular formula is C13H21N3O. The number of rotatable bonds is 4. The number of hydrogen-bond donors (Lipinski definition) is 1. The van der Waals surface area contributed by atoms with E-state index in [4.69, 9.17) is 10.5 Å². The highest BCUT2D eigenvalue weighted by Gasteiger charge is 2.32. The Morgan fingerprint density at radius 3 is 3.12 bits per heavy atom. The van der Waals surface area contributed by atoms with Crippen molar-refractivity contribution in [2.45, 2.75) is 26.3 Å². The van der Waals surface area contributed by atoms with Gasteiger partial charge in [0.2, 0.25) is 0 Å². The van der Waals surface area contributed by atoms with Gasteiger partial charge in [-0.05, 0) is 31.4 Å². The molecule has 0 aliphatic carbocycles. The largest absolute Gasteiger partial charge is 0.490 e. The second-order valence-corrected chi connectivity index (χ2v) is 4.52. The number of pyridine rings is 1. The van der Waals surface area contributed by atoms with E-state index in [-0.39, 0.29) is 0 Å². The summed E-state index contributed by atoms with van der Waals surface area (Å²) in [6.07, 6.45) is 2.98. The van der Waals surface area contributed by atoms with Gasteiger partial charge in [-0.25, -0.2) is 4.98 Å². The average Bonchev–Trinajstić information content (AvgIpc) is 2.71. The van der Waals surface area contributed by atoms with Gasteiger partial charge in [0.1, 0.15) is 0 Å². The molecule has 1 aromatic rings. The molecule has 1 aliphatic heterocycles. The molecular weight excluding hydrogens is 214 g/mol. The molecule has 4 heteroatoms. The van der Waals surface area contributed by atoms with Crippen LogP contribution in [0.1, 0.15) is 20.3 Å². The highest BCUT2D eigenvalue weighted by Crippen LogP contribution is 2.33. The van der Waals surface area contributed by atoms with E-state index in [2.05, 4.69) is 16.8 Å². The van der Waals surface area contributed by atoms with Gasteiger partial charge in [-0.3, -0.25) is 0 Å². The third-order valence-electron chi connectivity index (χ3n) is 3.45. The lowest BCUT2D eigenvalue weighted by Crippen LogP contribution is -2.39. The molecule has 1 aliphatic rings. The van der Waals surface area contributed by atoms with Crippen LogP contribution in [0.3, 0.4) is 0 Å². The van der Waals surface area contributed by atoms with E-state index < -0.39 is 0 Å². The number of ether oxygens (including phenoxy) is 1. The van der Waals surface area contributed by atoms with Crippen LogP contribution in [0.25, 0.3) is 0 Å². The predicted molar refractivity (Wildman–Crippen MR) is 69.4 cm³/mol. The molecule has 0 aromatic carbocycles. The maximum absolute atomic E-state index is 5.87. The Bertz CT molecular complexity index is 369. The summed E-state index contributed by atoms with van der Waals surface area (Å²) in [5.74, 6) is 2.42. The van der Waals surface area contributed by atoms with Crippen LogP contribution >= 0.6 is 0 Å². The van der Waals surface area contributed by atoms with E-state index in [0.29, 0.717) is 25.1 Å². The Kier molecular flexibility index (Phi) is 3.84. The fourth-order valence-corrected chi connectivity index (χ4v) is 2.50. The molecule has 17 heavy (non-hydrogen) atoms. The molecule has 1 aromatic heterocycles. The smallest absolute Gasteiger partial charge is 0.171 e. The lowest BCUT2D eigenvalue weighted by Gasteiger charge is -2.28. The number of nitrogens with two attached hydrogens (primary N) is 1. The molecule has 94 valence electrons. The molecule has 2 heterocycles. The first-order valence-corrected chi connectivity index (χ1v) is 6.32. The van der Waals surface area contributed by atoms with Crippen molar-refractivity contribution in [3.63, 3.8) is 0 Å². The summed E-state index contributed by atoms with van der Waals surface area (Å²) in [6, 6.07) is 4.26. The quantitative estimate of drug-likeness (QED) is 0.862. The minimum Gasteiger partial charge on any atom is -0.490 e. The van der Waals surface area contributed by atoms with Gasteiger partial charge < -0.3 is 15.4 Å². The summed E-state index contributed by atoms with van der Waals surface area (Å²) in [4.78, 5) is 6.74. The van der Waals surface area contributed by atoms with E-state index in [1.807, 2.05) is 25.3 Å². The van der Waals surface area contributed by atoms with Gasteiger partial charge in [-0.15, -0.1) is 0 Å². The number of nitrogens with zero attached hydrogens (tertiary/aromatic N) is 2. The monoisotopic (exact) mass is 235 g/mol. The van der Waals surface area contributed by atoms with E-state index in [1.54, 1.807) is 0 Å². The summed E-state index contributed by atoms with van der Waals surface area (Å²) in [6.45, 7) is 6.59. The Morgan fingerprint density at radius 1 is 1.59 bits per heavy atom. The molecule has 2 N–H and O–H groups in total. The van der Waals surface area contributed by atoms with Crippen molar-refractivity contribution in [1.82, 2.24) is 4.98 Å². The van der Waals surface area contributed by atoms with Crippen LogP contribution in [0, 0.1) is 5.92 Å². The van der Waals surface area contributed by atoms with E-state index in [0.717, 1.165) is 18.1 Å². The fraction of sp³-hybridized carbons (Fsp3) is 0.615. The minimum absolute atomic E-state index is 0.379. The van der Waals surface area contributed by atoms with Gasteiger partial charge >= 0.3 is 0 Å². The molecule has 0 amide bonds. The van der Waals surface area contributed by atoms with Crippen LogP contribution in [0.2, 0.25) is 0 Å². The van der Waals surface area contributed by atoms with Crippen LogP contribution in [0.4, 0.5) is 5.82 Å². The molecule has 1 fully saturated rings. The zero-order valence-corrected chi connectivity index (χ0v) is 10.6. The molecule has 1 saturated heterocycles. The zero-order chi connectivity index (χ0) is 12.3. The lowest BCUT2D eigenvalue weighted by atomic mass is 10.0. The van der Waals surface area contributed by atoms with Crippen LogP contribution in [-0.4, -0.2) is 30.7 Å².